The van der Waals surface area contributed by atoms with Crippen molar-refractivity contribution in [2.24, 2.45) is 0 Å². The fraction of sp³-hybridized carbons (Fsp3) is 0.348. The van der Waals surface area contributed by atoms with Crippen LogP contribution in [-0.4, -0.2) is 38.2 Å². The molecule has 0 aromatic heterocycles. The van der Waals surface area contributed by atoms with Gasteiger partial charge in [-0.1, -0.05) is 12.1 Å². The summed E-state index contributed by atoms with van der Waals surface area (Å²) >= 11 is 0. The molecule has 0 bridgehead atoms. The van der Waals surface area contributed by atoms with Crippen molar-refractivity contribution >= 4 is 23.5 Å². The number of esters is 2. The number of aryl methyl sites for hydroxylation is 1. The first-order chi connectivity index (χ1) is 14.4. The summed E-state index contributed by atoms with van der Waals surface area (Å²) in [7, 11) is 2.50. The molecule has 3 rings (SSSR count). The van der Waals surface area contributed by atoms with E-state index in [0.29, 0.717) is 5.75 Å². The van der Waals surface area contributed by atoms with Crippen LogP contribution in [0.2, 0.25) is 0 Å². The predicted molar refractivity (Wildman–Crippen MR) is 111 cm³/mol. The zero-order valence-electron chi connectivity index (χ0n) is 17.3. The molecule has 0 saturated carbocycles. The van der Waals surface area contributed by atoms with E-state index in [1.807, 2.05) is 12.1 Å². The first-order valence-corrected chi connectivity index (χ1v) is 9.83. The highest BCUT2D eigenvalue weighted by Gasteiger charge is 2.22. The minimum atomic E-state index is -0.814. The second-order valence-electron chi connectivity index (χ2n) is 7.09. The fourth-order valence-electron chi connectivity index (χ4n) is 3.52. The third kappa shape index (κ3) is 4.62. The molecular weight excluding hydrogens is 386 g/mol. The first-order valence-electron chi connectivity index (χ1n) is 9.83. The van der Waals surface area contributed by atoms with Crippen LogP contribution in [-0.2, 0) is 27.1 Å². The van der Waals surface area contributed by atoms with Crippen LogP contribution in [0.1, 0.15) is 51.6 Å². The molecule has 158 valence electrons. The Morgan fingerprint density at radius 3 is 2.43 bits per heavy atom. The van der Waals surface area contributed by atoms with Crippen LogP contribution < -0.4 is 10.1 Å². The molecule has 7 nitrogen and oxygen atoms in total. The highest BCUT2D eigenvalue weighted by atomic mass is 16.5. The maximum Gasteiger partial charge on any atom is 0.339 e. The van der Waals surface area contributed by atoms with Gasteiger partial charge in [0.1, 0.15) is 5.75 Å². The number of anilines is 1. The molecule has 1 unspecified atom stereocenters. The molecule has 1 aliphatic carbocycles. The average molecular weight is 411 g/mol. The number of methoxy groups -OCH3 is 2. The van der Waals surface area contributed by atoms with Gasteiger partial charge < -0.3 is 19.5 Å². The summed E-state index contributed by atoms with van der Waals surface area (Å²) in [4.78, 5) is 36.7. The summed E-state index contributed by atoms with van der Waals surface area (Å²) in [6.45, 7) is 1.64. The van der Waals surface area contributed by atoms with E-state index in [4.69, 9.17) is 14.2 Å². The normalized spacial score (nSPS) is 13.6. The molecule has 1 amide bonds. The Hall–Kier alpha value is -3.35. The van der Waals surface area contributed by atoms with Crippen molar-refractivity contribution < 1.29 is 28.6 Å². The number of hydrogen-bond acceptors (Lipinski definition) is 6. The first kappa shape index (κ1) is 21.4. The van der Waals surface area contributed by atoms with Gasteiger partial charge in [-0.25, -0.2) is 9.59 Å². The lowest BCUT2D eigenvalue weighted by molar-refractivity contribution is -0.122. The van der Waals surface area contributed by atoms with Gasteiger partial charge in [-0.05, 0) is 68.0 Å². The zero-order valence-corrected chi connectivity index (χ0v) is 17.3. The Morgan fingerprint density at radius 1 is 0.967 bits per heavy atom. The number of rotatable bonds is 6. The summed E-state index contributed by atoms with van der Waals surface area (Å²) in [6, 6.07) is 10.1. The van der Waals surface area contributed by atoms with E-state index in [0.717, 1.165) is 31.2 Å². The Morgan fingerprint density at radius 2 is 1.70 bits per heavy atom. The number of ether oxygens (including phenoxy) is 3. The number of carbonyl (C=O) groups is 3. The number of benzene rings is 2. The van der Waals surface area contributed by atoms with Crippen molar-refractivity contribution in [3.8, 4) is 5.75 Å². The second-order valence-corrected chi connectivity index (χ2v) is 7.09. The van der Waals surface area contributed by atoms with Gasteiger partial charge in [0.15, 0.2) is 6.10 Å². The van der Waals surface area contributed by atoms with Gasteiger partial charge >= 0.3 is 11.9 Å². The fourth-order valence-corrected chi connectivity index (χ4v) is 3.52. The Balaban J connectivity index is 1.81. The highest BCUT2D eigenvalue weighted by molar-refractivity contribution is 6.04. The summed E-state index contributed by atoms with van der Waals surface area (Å²) in [6.07, 6.45) is 3.37. The lowest BCUT2D eigenvalue weighted by Crippen LogP contribution is -2.31. The summed E-state index contributed by atoms with van der Waals surface area (Å²) in [5, 5.41) is 2.67. The van der Waals surface area contributed by atoms with Crippen molar-refractivity contribution in [2.45, 2.75) is 38.7 Å². The highest BCUT2D eigenvalue weighted by Crippen LogP contribution is 2.30. The topological polar surface area (TPSA) is 90.9 Å². The van der Waals surface area contributed by atoms with Crippen LogP contribution in [0.25, 0.3) is 0 Å². The minimum Gasteiger partial charge on any atom is -0.481 e. The molecule has 1 N–H and O–H groups in total. The number of nitrogens with one attached hydrogen (secondary N) is 1. The monoisotopic (exact) mass is 411 g/mol. The van der Waals surface area contributed by atoms with E-state index >= 15 is 0 Å². The van der Waals surface area contributed by atoms with E-state index in [-0.39, 0.29) is 16.8 Å². The average Bonchev–Trinajstić information content (AvgIpc) is 2.78. The second kappa shape index (κ2) is 9.43. The Kier molecular flexibility index (Phi) is 6.72. The Labute approximate surface area is 175 Å². The van der Waals surface area contributed by atoms with Crippen LogP contribution in [0.4, 0.5) is 5.69 Å². The van der Waals surface area contributed by atoms with Crippen LogP contribution in [0.15, 0.2) is 36.4 Å². The van der Waals surface area contributed by atoms with E-state index in [2.05, 4.69) is 11.4 Å². The predicted octanol–water partition coefficient (Wildman–Crippen LogP) is 3.54. The van der Waals surface area contributed by atoms with Gasteiger partial charge in [0.25, 0.3) is 5.91 Å². The van der Waals surface area contributed by atoms with Gasteiger partial charge in [-0.2, -0.15) is 0 Å². The summed E-state index contributed by atoms with van der Waals surface area (Å²) in [5.41, 5.74) is 2.88. The molecule has 1 atom stereocenters. The smallest absolute Gasteiger partial charge is 0.339 e. The van der Waals surface area contributed by atoms with Crippen molar-refractivity contribution in [1.29, 1.82) is 0 Å². The molecule has 0 fully saturated rings. The molecule has 0 saturated heterocycles. The molecule has 0 heterocycles. The lowest BCUT2D eigenvalue weighted by Gasteiger charge is -2.22. The summed E-state index contributed by atoms with van der Waals surface area (Å²) < 4.78 is 15.4. The van der Waals surface area contributed by atoms with Crippen LogP contribution in [0.3, 0.4) is 0 Å². The number of fused-ring (bicyclic) bond motifs is 1. The van der Waals surface area contributed by atoms with Gasteiger partial charge in [-0.3, -0.25) is 4.79 Å². The van der Waals surface area contributed by atoms with Crippen molar-refractivity contribution in [1.82, 2.24) is 0 Å². The van der Waals surface area contributed by atoms with E-state index in [1.165, 1.54) is 38.0 Å². The van der Waals surface area contributed by atoms with Gasteiger partial charge in [-0.15, -0.1) is 0 Å². The van der Waals surface area contributed by atoms with Gasteiger partial charge in [0.2, 0.25) is 0 Å². The zero-order chi connectivity index (χ0) is 21.7. The number of carbonyl (C=O) groups excluding carboxylic acids is 3. The molecular formula is C23H25NO6. The number of amides is 1. The minimum absolute atomic E-state index is 0.128. The molecule has 1 aliphatic rings. The molecule has 0 spiro atoms. The van der Waals surface area contributed by atoms with Crippen LogP contribution in [0, 0.1) is 0 Å². The van der Waals surface area contributed by atoms with E-state index < -0.39 is 23.9 Å². The van der Waals surface area contributed by atoms with Gasteiger partial charge in [0.05, 0.1) is 31.0 Å². The van der Waals surface area contributed by atoms with E-state index in [9.17, 15) is 14.4 Å². The SMILES string of the molecule is COC(=O)c1ccc(C(=O)OC)c(NC(=O)C(C)Oc2cccc3c2CCCC3)c1. The van der Waals surface area contributed by atoms with Crippen molar-refractivity contribution in [3.05, 3.63) is 58.7 Å². The van der Waals surface area contributed by atoms with Crippen LogP contribution >= 0.6 is 0 Å². The largest absolute Gasteiger partial charge is 0.481 e. The standard InChI is InChI=1S/C23H25NO6/c1-14(30-20-10-6-8-15-7-4-5-9-17(15)20)21(25)24-19-13-16(22(26)28-2)11-12-18(19)23(27)29-3/h6,8,10-14H,4-5,7,9H2,1-3H3,(H,24,25). The molecule has 7 heteroatoms. The van der Waals surface area contributed by atoms with Crippen molar-refractivity contribution in [2.75, 3.05) is 19.5 Å². The Bertz CT molecular complexity index is 968. The lowest BCUT2D eigenvalue weighted by atomic mass is 9.91. The third-order valence-corrected chi connectivity index (χ3v) is 5.13. The molecule has 2 aromatic rings. The maximum atomic E-state index is 12.8. The van der Waals surface area contributed by atoms with Gasteiger partial charge in [0, 0.05) is 0 Å². The maximum absolute atomic E-state index is 12.8. The summed E-state index contributed by atoms with van der Waals surface area (Å²) in [5.74, 6) is -0.962. The van der Waals surface area contributed by atoms with Crippen molar-refractivity contribution in [3.63, 3.8) is 0 Å². The molecule has 0 aliphatic heterocycles. The molecule has 30 heavy (non-hydrogen) atoms. The van der Waals surface area contributed by atoms with Crippen LogP contribution in [0.5, 0.6) is 5.75 Å². The quantitative estimate of drug-likeness (QED) is 0.731. The third-order valence-electron chi connectivity index (χ3n) is 5.13. The van der Waals surface area contributed by atoms with E-state index in [1.54, 1.807) is 6.92 Å². The molecule has 0 radical (unpaired) electrons. The molecule has 2 aromatic carbocycles. The number of hydrogen-bond donors (Lipinski definition) is 1.